The van der Waals surface area contributed by atoms with Crippen LogP contribution in [-0.4, -0.2) is 35.6 Å². The number of thioether (sulfide) groups is 1. The van der Waals surface area contributed by atoms with Gasteiger partial charge >= 0.3 is 0 Å². The van der Waals surface area contributed by atoms with Crippen LogP contribution in [0.4, 0.5) is 4.39 Å². The van der Waals surface area contributed by atoms with Crippen LogP contribution in [0.25, 0.3) is 0 Å². The lowest BCUT2D eigenvalue weighted by atomic mass is 10.1. The number of hydrogen-bond acceptors (Lipinski definition) is 3. The Morgan fingerprint density at radius 2 is 1.82 bits per heavy atom. The second kappa shape index (κ2) is 10.9. The molecule has 2 rings (SSSR count). The molecule has 0 aliphatic carbocycles. The monoisotopic (exact) mass is 402 g/mol. The number of hydrogen-bond donors (Lipinski definition) is 1. The van der Waals surface area contributed by atoms with Gasteiger partial charge in [0.15, 0.2) is 0 Å². The number of benzene rings is 2. The number of carbonyl (C=O) groups is 2. The molecule has 0 bridgehead atoms. The quantitative estimate of drug-likeness (QED) is 0.692. The van der Waals surface area contributed by atoms with Gasteiger partial charge in [-0.25, -0.2) is 4.39 Å². The molecular formula is C22H27FN2O2S. The third-order valence-corrected chi connectivity index (χ3v) is 5.51. The lowest BCUT2D eigenvalue weighted by molar-refractivity contribution is -0.139. The van der Waals surface area contributed by atoms with Gasteiger partial charge in [0.2, 0.25) is 11.8 Å². The van der Waals surface area contributed by atoms with Crippen molar-refractivity contribution in [1.82, 2.24) is 10.2 Å². The third-order valence-electron chi connectivity index (χ3n) is 4.55. The van der Waals surface area contributed by atoms with Gasteiger partial charge in [0.1, 0.15) is 11.9 Å². The van der Waals surface area contributed by atoms with E-state index >= 15 is 0 Å². The fraction of sp³-hybridized carbons (Fsp3) is 0.364. The van der Waals surface area contributed by atoms with Crippen molar-refractivity contribution in [3.05, 3.63) is 71.0 Å². The summed E-state index contributed by atoms with van der Waals surface area (Å²) < 4.78 is 13.8. The fourth-order valence-corrected chi connectivity index (χ4v) is 3.82. The zero-order valence-corrected chi connectivity index (χ0v) is 17.4. The summed E-state index contributed by atoms with van der Waals surface area (Å²) in [5.41, 5.74) is 2.68. The highest BCUT2D eigenvalue weighted by atomic mass is 32.2. The molecule has 0 spiro atoms. The Hall–Kier alpha value is -2.34. The van der Waals surface area contributed by atoms with Gasteiger partial charge in [-0.05, 0) is 30.5 Å². The highest BCUT2D eigenvalue weighted by Gasteiger charge is 2.27. The number of aryl methyl sites for hydroxylation is 1. The maximum Gasteiger partial charge on any atom is 0.242 e. The lowest BCUT2D eigenvalue weighted by Gasteiger charge is -2.30. The molecule has 1 N–H and O–H groups in total. The van der Waals surface area contributed by atoms with Crippen molar-refractivity contribution >= 4 is 23.6 Å². The molecule has 2 aromatic rings. The largest absolute Gasteiger partial charge is 0.357 e. The standard InChI is InChI=1S/C22H27FN2O2S/c1-4-20(22(27)24-3)25(13-17-11-9-16(2)10-12-17)21(26)15-28-14-18-7-5-6-8-19(18)23/h5-12,20H,4,13-15H2,1-3H3,(H,24,27)/t20-/m1/s1. The first-order valence-electron chi connectivity index (χ1n) is 9.34. The lowest BCUT2D eigenvalue weighted by Crippen LogP contribution is -2.48. The normalized spacial score (nSPS) is 11.7. The molecule has 28 heavy (non-hydrogen) atoms. The van der Waals surface area contributed by atoms with E-state index in [2.05, 4.69) is 5.32 Å². The van der Waals surface area contributed by atoms with Crippen LogP contribution in [0, 0.1) is 12.7 Å². The SMILES string of the molecule is CC[C@H](C(=O)NC)N(Cc1ccc(C)cc1)C(=O)CSCc1ccccc1F. The van der Waals surface area contributed by atoms with Crippen LogP contribution < -0.4 is 5.32 Å². The molecule has 0 radical (unpaired) electrons. The number of amides is 2. The number of nitrogens with one attached hydrogen (secondary N) is 1. The van der Waals surface area contributed by atoms with Crippen LogP contribution in [0.1, 0.15) is 30.0 Å². The number of halogens is 1. The van der Waals surface area contributed by atoms with Crippen molar-refractivity contribution in [2.75, 3.05) is 12.8 Å². The molecule has 0 fully saturated rings. The van der Waals surface area contributed by atoms with Crippen molar-refractivity contribution in [3.63, 3.8) is 0 Å². The zero-order chi connectivity index (χ0) is 20.5. The Labute approximate surface area is 170 Å². The van der Waals surface area contributed by atoms with E-state index in [9.17, 15) is 14.0 Å². The van der Waals surface area contributed by atoms with Gasteiger partial charge in [-0.3, -0.25) is 9.59 Å². The predicted molar refractivity (Wildman–Crippen MR) is 112 cm³/mol. The van der Waals surface area contributed by atoms with Crippen LogP contribution in [0.2, 0.25) is 0 Å². The summed E-state index contributed by atoms with van der Waals surface area (Å²) in [6.07, 6.45) is 0.523. The predicted octanol–water partition coefficient (Wildman–Crippen LogP) is 3.92. The van der Waals surface area contributed by atoms with Gasteiger partial charge in [-0.15, -0.1) is 11.8 Å². The molecule has 0 unspecified atom stereocenters. The first-order valence-corrected chi connectivity index (χ1v) is 10.5. The van der Waals surface area contributed by atoms with Crippen molar-refractivity contribution in [3.8, 4) is 0 Å². The fourth-order valence-electron chi connectivity index (χ4n) is 2.92. The van der Waals surface area contributed by atoms with E-state index in [0.717, 1.165) is 11.1 Å². The van der Waals surface area contributed by atoms with E-state index in [-0.39, 0.29) is 23.4 Å². The molecule has 150 valence electrons. The van der Waals surface area contributed by atoms with E-state index < -0.39 is 6.04 Å². The van der Waals surface area contributed by atoms with Crippen LogP contribution in [0.3, 0.4) is 0 Å². The average molecular weight is 403 g/mol. The molecule has 0 heterocycles. The van der Waals surface area contributed by atoms with Crippen LogP contribution in [0.5, 0.6) is 0 Å². The minimum absolute atomic E-state index is 0.127. The molecule has 2 aromatic carbocycles. The summed E-state index contributed by atoms with van der Waals surface area (Å²) in [5.74, 6) is 0.0246. The molecule has 0 aliphatic rings. The molecule has 1 atom stereocenters. The summed E-state index contributed by atoms with van der Waals surface area (Å²) in [7, 11) is 1.58. The van der Waals surface area contributed by atoms with Crippen LogP contribution in [-0.2, 0) is 21.9 Å². The first kappa shape index (κ1) is 22.0. The van der Waals surface area contributed by atoms with Gasteiger partial charge < -0.3 is 10.2 Å². The van der Waals surface area contributed by atoms with Gasteiger partial charge in [0.05, 0.1) is 5.75 Å². The molecular weight excluding hydrogens is 375 g/mol. The van der Waals surface area contributed by atoms with Crippen molar-refractivity contribution < 1.29 is 14.0 Å². The first-order chi connectivity index (χ1) is 13.5. The summed E-state index contributed by atoms with van der Waals surface area (Å²) in [6.45, 7) is 4.26. The topological polar surface area (TPSA) is 49.4 Å². The highest BCUT2D eigenvalue weighted by molar-refractivity contribution is 7.99. The van der Waals surface area contributed by atoms with Gasteiger partial charge in [0.25, 0.3) is 0 Å². The minimum Gasteiger partial charge on any atom is -0.357 e. The summed E-state index contributed by atoms with van der Waals surface area (Å²) in [5, 5.41) is 2.65. The van der Waals surface area contributed by atoms with E-state index in [1.165, 1.54) is 17.8 Å². The average Bonchev–Trinajstić information content (AvgIpc) is 2.70. The molecule has 0 saturated carbocycles. The van der Waals surface area contributed by atoms with Crippen molar-refractivity contribution in [2.24, 2.45) is 0 Å². The third kappa shape index (κ3) is 6.09. The van der Waals surface area contributed by atoms with E-state index in [4.69, 9.17) is 0 Å². The Balaban J connectivity index is 2.10. The van der Waals surface area contributed by atoms with Gasteiger partial charge in [0, 0.05) is 19.3 Å². The number of rotatable bonds is 9. The van der Waals surface area contributed by atoms with E-state index in [0.29, 0.717) is 24.3 Å². The van der Waals surface area contributed by atoms with Crippen LogP contribution >= 0.6 is 11.8 Å². The number of nitrogens with zero attached hydrogens (tertiary/aromatic N) is 1. The molecule has 0 aromatic heterocycles. The number of likely N-dealkylation sites (N-methyl/N-ethyl adjacent to an activating group) is 1. The Bertz CT molecular complexity index is 795. The maximum absolute atomic E-state index is 13.8. The maximum atomic E-state index is 13.8. The zero-order valence-electron chi connectivity index (χ0n) is 16.6. The van der Waals surface area contributed by atoms with Crippen molar-refractivity contribution in [2.45, 2.75) is 38.6 Å². The second-order valence-corrected chi connectivity index (χ2v) is 7.62. The van der Waals surface area contributed by atoms with Gasteiger partial charge in [-0.1, -0.05) is 55.0 Å². The summed E-state index contributed by atoms with van der Waals surface area (Å²) in [4.78, 5) is 26.9. The molecule has 0 aliphatic heterocycles. The van der Waals surface area contributed by atoms with E-state index in [1.54, 1.807) is 30.1 Å². The molecule has 2 amide bonds. The minimum atomic E-state index is -0.534. The van der Waals surface area contributed by atoms with Crippen LogP contribution in [0.15, 0.2) is 48.5 Å². The Morgan fingerprint density at radius 3 is 2.43 bits per heavy atom. The molecule has 6 heteroatoms. The smallest absolute Gasteiger partial charge is 0.242 e. The Kier molecular flexibility index (Phi) is 8.51. The highest BCUT2D eigenvalue weighted by Crippen LogP contribution is 2.19. The molecule has 4 nitrogen and oxygen atoms in total. The van der Waals surface area contributed by atoms with Gasteiger partial charge in [-0.2, -0.15) is 0 Å². The Morgan fingerprint density at radius 1 is 1.14 bits per heavy atom. The summed E-state index contributed by atoms with van der Waals surface area (Å²) in [6, 6.07) is 14.0. The van der Waals surface area contributed by atoms with Crippen molar-refractivity contribution in [1.29, 1.82) is 0 Å². The number of carbonyl (C=O) groups excluding carboxylic acids is 2. The molecule has 0 saturated heterocycles. The summed E-state index contributed by atoms with van der Waals surface area (Å²) >= 11 is 1.35. The van der Waals surface area contributed by atoms with E-state index in [1.807, 2.05) is 38.1 Å². The second-order valence-electron chi connectivity index (χ2n) is 6.63.